The lowest BCUT2D eigenvalue weighted by Crippen LogP contribution is -2.10. The summed E-state index contributed by atoms with van der Waals surface area (Å²) in [4.78, 5) is 20.3. The highest BCUT2D eigenvalue weighted by molar-refractivity contribution is 7.18. The van der Waals surface area contributed by atoms with Crippen LogP contribution in [-0.2, 0) is 22.4 Å². The van der Waals surface area contributed by atoms with Crippen LogP contribution in [0.3, 0.4) is 0 Å². The molecule has 0 atom stereocenters. The average Bonchev–Trinajstić information content (AvgIpc) is 3.02. The molecule has 142 valence electrons. The van der Waals surface area contributed by atoms with Gasteiger partial charge in [-0.15, -0.1) is 11.3 Å². The number of thiazole rings is 1. The second-order valence-corrected chi connectivity index (χ2v) is 7.16. The second-order valence-electron chi connectivity index (χ2n) is 6.08. The highest BCUT2D eigenvalue weighted by atomic mass is 32.1. The molecule has 0 saturated carbocycles. The monoisotopic (exact) mass is 394 g/mol. The zero-order valence-electron chi connectivity index (χ0n) is 15.0. The number of aryl methyl sites for hydroxylation is 2. The maximum atomic E-state index is 13.9. The third-order valence-corrected chi connectivity index (χ3v) is 5.22. The number of fused-ring (bicyclic) bond motifs is 1. The zero-order chi connectivity index (χ0) is 19.7. The predicted octanol–water partition coefficient (Wildman–Crippen LogP) is 4.42. The van der Waals surface area contributed by atoms with E-state index in [9.17, 15) is 18.0 Å². The summed E-state index contributed by atoms with van der Waals surface area (Å²) in [5.74, 6) is -3.61. The number of halogens is 3. The third-order valence-electron chi connectivity index (χ3n) is 4.15. The Labute approximate surface area is 158 Å². The normalized spacial score (nSPS) is 11.2. The topological polar surface area (TPSA) is 52.1 Å². The molecule has 2 heterocycles. The Bertz CT molecular complexity index is 1030. The number of aromatic nitrogens is 2. The van der Waals surface area contributed by atoms with Crippen LogP contribution < -0.4 is 0 Å². The van der Waals surface area contributed by atoms with Gasteiger partial charge in [0.1, 0.15) is 11.3 Å². The van der Waals surface area contributed by atoms with Crippen LogP contribution in [0.2, 0.25) is 0 Å². The molecular formula is C19H17F3N2O2S. The molecule has 3 aromatic rings. The van der Waals surface area contributed by atoms with Gasteiger partial charge in [0.25, 0.3) is 0 Å². The fourth-order valence-corrected chi connectivity index (χ4v) is 3.80. The lowest BCUT2D eigenvalue weighted by molar-refractivity contribution is -0.142. The predicted molar refractivity (Wildman–Crippen MR) is 96.3 cm³/mol. The van der Waals surface area contributed by atoms with Crippen LogP contribution in [0.25, 0.3) is 10.2 Å². The SMILES string of the molecule is CCOC(=O)Cc1cc(Cc2nc3c(F)c(F)cc(F)c3s2)c(C)nc1C. The van der Waals surface area contributed by atoms with Gasteiger partial charge in [0.2, 0.25) is 0 Å². The van der Waals surface area contributed by atoms with E-state index < -0.39 is 17.5 Å². The first-order chi connectivity index (χ1) is 12.8. The van der Waals surface area contributed by atoms with Crippen molar-refractivity contribution in [2.45, 2.75) is 33.6 Å². The summed E-state index contributed by atoms with van der Waals surface area (Å²) in [6.07, 6.45) is 0.364. The van der Waals surface area contributed by atoms with Gasteiger partial charge in [-0.2, -0.15) is 0 Å². The van der Waals surface area contributed by atoms with E-state index in [1.54, 1.807) is 13.8 Å². The first-order valence-corrected chi connectivity index (χ1v) is 9.16. The minimum Gasteiger partial charge on any atom is -0.466 e. The van der Waals surface area contributed by atoms with Crippen LogP contribution in [0, 0.1) is 31.3 Å². The van der Waals surface area contributed by atoms with Crippen molar-refractivity contribution in [1.29, 1.82) is 0 Å². The van der Waals surface area contributed by atoms with Crippen molar-refractivity contribution in [2.24, 2.45) is 0 Å². The van der Waals surface area contributed by atoms with Crippen LogP contribution in [0.4, 0.5) is 13.2 Å². The number of rotatable bonds is 5. The first kappa shape index (κ1) is 19.3. The van der Waals surface area contributed by atoms with Crippen molar-refractivity contribution in [3.8, 4) is 0 Å². The number of carbonyl (C=O) groups is 1. The summed E-state index contributed by atoms with van der Waals surface area (Å²) in [5.41, 5.74) is 2.63. The van der Waals surface area contributed by atoms with Gasteiger partial charge in [0, 0.05) is 23.9 Å². The quantitative estimate of drug-likeness (QED) is 0.475. The van der Waals surface area contributed by atoms with Gasteiger partial charge in [0.15, 0.2) is 11.6 Å². The molecule has 2 aromatic heterocycles. The van der Waals surface area contributed by atoms with Gasteiger partial charge in [0.05, 0.1) is 22.7 Å². The maximum Gasteiger partial charge on any atom is 0.310 e. The highest BCUT2D eigenvalue weighted by Gasteiger charge is 2.18. The van der Waals surface area contributed by atoms with E-state index in [-0.39, 0.29) is 29.0 Å². The van der Waals surface area contributed by atoms with Gasteiger partial charge in [-0.25, -0.2) is 18.2 Å². The summed E-state index contributed by atoms with van der Waals surface area (Å²) >= 11 is 0.970. The van der Waals surface area contributed by atoms with Crippen LogP contribution >= 0.6 is 11.3 Å². The van der Waals surface area contributed by atoms with Gasteiger partial charge in [-0.1, -0.05) is 6.07 Å². The van der Waals surface area contributed by atoms with E-state index in [2.05, 4.69) is 9.97 Å². The van der Waals surface area contributed by atoms with Gasteiger partial charge in [-0.05, 0) is 31.9 Å². The lowest BCUT2D eigenvalue weighted by Gasteiger charge is -2.10. The number of ether oxygens (including phenoxy) is 1. The molecule has 3 rings (SSSR count). The molecule has 0 unspecified atom stereocenters. The minimum atomic E-state index is -1.26. The molecule has 0 amide bonds. The highest BCUT2D eigenvalue weighted by Crippen LogP contribution is 2.30. The Morgan fingerprint density at radius 3 is 2.48 bits per heavy atom. The molecule has 0 saturated heterocycles. The summed E-state index contributed by atoms with van der Waals surface area (Å²) < 4.78 is 46.1. The Balaban J connectivity index is 1.95. The maximum absolute atomic E-state index is 13.9. The Morgan fingerprint density at radius 2 is 1.78 bits per heavy atom. The van der Waals surface area contributed by atoms with Crippen molar-refractivity contribution >= 4 is 27.5 Å². The molecule has 1 aromatic carbocycles. The van der Waals surface area contributed by atoms with Crippen molar-refractivity contribution in [3.05, 3.63) is 57.1 Å². The molecule has 8 heteroatoms. The molecule has 4 nitrogen and oxygen atoms in total. The Morgan fingerprint density at radius 1 is 1.07 bits per heavy atom. The van der Waals surface area contributed by atoms with Crippen molar-refractivity contribution in [2.75, 3.05) is 6.61 Å². The van der Waals surface area contributed by atoms with E-state index in [0.717, 1.165) is 28.2 Å². The number of hydrogen-bond acceptors (Lipinski definition) is 5. The third kappa shape index (κ3) is 3.95. The van der Waals surface area contributed by atoms with Crippen LogP contribution in [-0.4, -0.2) is 22.5 Å². The summed E-state index contributed by atoms with van der Waals surface area (Å²) in [6, 6.07) is 2.35. The number of benzene rings is 1. The lowest BCUT2D eigenvalue weighted by atomic mass is 10.0. The second kappa shape index (κ2) is 7.64. The molecule has 0 N–H and O–H groups in total. The summed E-state index contributed by atoms with van der Waals surface area (Å²) in [5, 5.41) is 0.434. The molecule has 0 fully saturated rings. The minimum absolute atomic E-state index is 0.0200. The van der Waals surface area contributed by atoms with E-state index in [1.807, 2.05) is 13.0 Å². The molecule has 0 radical (unpaired) electrons. The Kier molecular flexibility index (Phi) is 5.46. The van der Waals surface area contributed by atoms with Crippen molar-refractivity contribution < 1.29 is 22.7 Å². The number of nitrogens with zero attached hydrogens (tertiary/aromatic N) is 2. The standard InChI is InChI=1S/C19H17F3N2O2S/c1-4-26-16(25)7-12-5-11(9(2)23-10(12)3)6-15-24-18-17(22)13(20)8-14(21)19(18)27-15/h5,8H,4,6-7H2,1-3H3. The fourth-order valence-electron chi connectivity index (χ4n) is 2.81. The number of hydrogen-bond donors (Lipinski definition) is 0. The molecule has 0 aliphatic heterocycles. The van der Waals surface area contributed by atoms with Gasteiger partial charge >= 0.3 is 5.97 Å². The summed E-state index contributed by atoms with van der Waals surface area (Å²) in [6.45, 7) is 5.64. The first-order valence-electron chi connectivity index (χ1n) is 8.34. The fraction of sp³-hybridized carbons (Fsp3) is 0.316. The van der Waals surface area contributed by atoms with Crippen LogP contribution in [0.1, 0.15) is 34.4 Å². The van der Waals surface area contributed by atoms with Crippen molar-refractivity contribution in [1.82, 2.24) is 9.97 Å². The number of carbonyl (C=O) groups excluding carboxylic acids is 1. The van der Waals surface area contributed by atoms with Gasteiger partial charge in [-0.3, -0.25) is 9.78 Å². The van der Waals surface area contributed by atoms with Crippen molar-refractivity contribution in [3.63, 3.8) is 0 Å². The molecule has 0 bridgehead atoms. The molecule has 0 spiro atoms. The van der Waals surface area contributed by atoms with Gasteiger partial charge < -0.3 is 4.74 Å². The van der Waals surface area contributed by atoms with E-state index in [1.165, 1.54) is 0 Å². The molecule has 27 heavy (non-hydrogen) atoms. The smallest absolute Gasteiger partial charge is 0.310 e. The van der Waals surface area contributed by atoms with Crippen LogP contribution in [0.15, 0.2) is 12.1 Å². The average molecular weight is 394 g/mol. The zero-order valence-corrected chi connectivity index (χ0v) is 15.8. The number of pyridine rings is 1. The van der Waals surface area contributed by atoms with E-state index in [4.69, 9.17) is 4.74 Å². The number of esters is 1. The summed E-state index contributed by atoms with van der Waals surface area (Å²) in [7, 11) is 0. The molecule has 0 aliphatic rings. The molecular weight excluding hydrogens is 377 g/mol. The largest absolute Gasteiger partial charge is 0.466 e. The van der Waals surface area contributed by atoms with Crippen LogP contribution in [0.5, 0.6) is 0 Å². The van der Waals surface area contributed by atoms with E-state index >= 15 is 0 Å². The Hall–Kier alpha value is -2.48. The molecule has 0 aliphatic carbocycles. The van der Waals surface area contributed by atoms with E-state index in [0.29, 0.717) is 23.4 Å².